The lowest BCUT2D eigenvalue weighted by molar-refractivity contribution is 0.0384. The van der Waals surface area contributed by atoms with Crippen molar-refractivity contribution in [3.05, 3.63) is 22.3 Å². The highest BCUT2D eigenvalue weighted by Gasteiger charge is 2.23. The average Bonchev–Trinajstić information content (AvgIpc) is 2.70. The Labute approximate surface area is 198 Å². The fourth-order valence-electron chi connectivity index (χ4n) is 4.82. The highest BCUT2D eigenvalue weighted by molar-refractivity contribution is 5.56. The molecule has 0 saturated carbocycles. The fourth-order valence-corrected chi connectivity index (χ4v) is 4.82. The molecule has 32 heavy (non-hydrogen) atoms. The van der Waals surface area contributed by atoms with Gasteiger partial charge >= 0.3 is 0 Å². The summed E-state index contributed by atoms with van der Waals surface area (Å²) >= 11 is 0. The van der Waals surface area contributed by atoms with Gasteiger partial charge in [0.15, 0.2) is 0 Å². The first-order valence-electron chi connectivity index (χ1n) is 13.1. The van der Waals surface area contributed by atoms with Crippen LogP contribution in [0.4, 0.5) is 0 Å². The molecule has 0 aromatic heterocycles. The number of aliphatic hydroxyl groups is 1. The lowest BCUT2D eigenvalue weighted by atomic mass is 9.86. The largest absolute Gasteiger partial charge is 0.507 e. The zero-order chi connectivity index (χ0) is 24.5. The van der Waals surface area contributed by atoms with E-state index in [2.05, 4.69) is 27.7 Å². The highest BCUT2D eigenvalue weighted by atomic mass is 16.3. The van der Waals surface area contributed by atoms with Crippen LogP contribution in [-0.2, 0) is 6.42 Å². The van der Waals surface area contributed by atoms with Gasteiger partial charge in [-0.2, -0.15) is 0 Å². The Kier molecular flexibility index (Phi) is 12.1. The molecule has 0 aliphatic carbocycles. The lowest BCUT2D eigenvalue weighted by Crippen LogP contribution is -2.25. The molecule has 1 aromatic rings. The van der Waals surface area contributed by atoms with Crippen molar-refractivity contribution in [3.8, 4) is 11.5 Å². The average molecular weight is 449 g/mol. The van der Waals surface area contributed by atoms with E-state index in [1.807, 2.05) is 27.7 Å². The number of rotatable bonds is 15. The summed E-state index contributed by atoms with van der Waals surface area (Å²) in [6.07, 6.45) is 12.1. The third-order valence-corrected chi connectivity index (χ3v) is 7.56. The van der Waals surface area contributed by atoms with Gasteiger partial charge in [-0.25, -0.2) is 0 Å². The van der Waals surface area contributed by atoms with Crippen LogP contribution in [0.3, 0.4) is 0 Å². The molecule has 3 N–H and O–H groups in total. The van der Waals surface area contributed by atoms with Gasteiger partial charge in [0.2, 0.25) is 0 Å². The van der Waals surface area contributed by atoms with E-state index >= 15 is 0 Å². The monoisotopic (exact) mass is 448 g/mol. The SMILES string of the molecule is Cc1c(C)c(O)c(CCC(C)(O)CCC[C@H](C)CCC[C@H](C)CCCC(C)C)c(C)c1O. The predicted octanol–water partition coefficient (Wildman–Crippen LogP) is 8.15. The van der Waals surface area contributed by atoms with Crippen LogP contribution in [-0.4, -0.2) is 20.9 Å². The van der Waals surface area contributed by atoms with Gasteiger partial charge in [0.25, 0.3) is 0 Å². The minimum absolute atomic E-state index is 0.262. The van der Waals surface area contributed by atoms with Crippen LogP contribution in [0, 0.1) is 38.5 Å². The minimum Gasteiger partial charge on any atom is -0.507 e. The van der Waals surface area contributed by atoms with Crippen LogP contribution >= 0.6 is 0 Å². The standard InChI is InChI=1S/C29H52O3/c1-20(2)12-9-13-21(3)14-10-15-22(4)16-11-18-29(8,32)19-17-26-25(7)27(30)23(5)24(6)28(26)31/h20-22,30-32H,9-19H2,1-8H3/t21-,22-,29?/m1/s1. The summed E-state index contributed by atoms with van der Waals surface area (Å²) in [5.41, 5.74) is 2.20. The first-order valence-corrected chi connectivity index (χ1v) is 13.1. The molecule has 0 radical (unpaired) electrons. The molecule has 1 unspecified atom stereocenters. The Hall–Kier alpha value is -1.22. The van der Waals surface area contributed by atoms with Gasteiger partial charge in [0, 0.05) is 5.56 Å². The third-order valence-electron chi connectivity index (χ3n) is 7.56. The van der Waals surface area contributed by atoms with Crippen molar-refractivity contribution in [3.63, 3.8) is 0 Å². The maximum atomic E-state index is 10.9. The molecule has 0 heterocycles. The smallest absolute Gasteiger partial charge is 0.122 e. The van der Waals surface area contributed by atoms with Gasteiger partial charge in [-0.15, -0.1) is 0 Å². The first kappa shape index (κ1) is 28.8. The number of hydrogen-bond donors (Lipinski definition) is 3. The highest BCUT2D eigenvalue weighted by Crippen LogP contribution is 2.38. The van der Waals surface area contributed by atoms with E-state index in [1.54, 1.807) is 0 Å². The van der Waals surface area contributed by atoms with Gasteiger partial charge in [-0.3, -0.25) is 0 Å². The molecule has 0 spiro atoms. The summed E-state index contributed by atoms with van der Waals surface area (Å²) in [5.74, 6) is 2.89. The molecule has 3 nitrogen and oxygen atoms in total. The normalized spacial score (nSPS) is 15.7. The zero-order valence-corrected chi connectivity index (χ0v) is 22.4. The molecule has 0 fully saturated rings. The minimum atomic E-state index is -0.752. The second kappa shape index (κ2) is 13.5. The van der Waals surface area contributed by atoms with E-state index < -0.39 is 5.60 Å². The van der Waals surface area contributed by atoms with Crippen LogP contribution in [0.5, 0.6) is 11.5 Å². The first-order chi connectivity index (χ1) is 14.9. The van der Waals surface area contributed by atoms with Gasteiger partial charge < -0.3 is 15.3 Å². The summed E-state index contributed by atoms with van der Waals surface area (Å²) in [7, 11) is 0. The van der Waals surface area contributed by atoms with Crippen molar-refractivity contribution in [2.45, 2.75) is 132 Å². The maximum Gasteiger partial charge on any atom is 0.122 e. The number of benzene rings is 1. The topological polar surface area (TPSA) is 60.7 Å². The molecule has 0 aliphatic rings. The van der Waals surface area contributed by atoms with Crippen LogP contribution in [0.1, 0.15) is 121 Å². The van der Waals surface area contributed by atoms with E-state index in [0.717, 1.165) is 53.4 Å². The van der Waals surface area contributed by atoms with E-state index in [1.165, 1.54) is 38.5 Å². The second-order valence-electron chi connectivity index (χ2n) is 11.4. The fraction of sp³-hybridized carbons (Fsp3) is 0.793. The van der Waals surface area contributed by atoms with Crippen molar-refractivity contribution in [2.24, 2.45) is 17.8 Å². The molecule has 0 bridgehead atoms. The van der Waals surface area contributed by atoms with E-state index in [4.69, 9.17) is 0 Å². The Morgan fingerprint density at radius 2 is 1.12 bits per heavy atom. The van der Waals surface area contributed by atoms with Gasteiger partial charge in [0.1, 0.15) is 11.5 Å². The van der Waals surface area contributed by atoms with Crippen molar-refractivity contribution < 1.29 is 15.3 Å². The molecular weight excluding hydrogens is 396 g/mol. The van der Waals surface area contributed by atoms with Gasteiger partial charge in [0.05, 0.1) is 5.60 Å². The summed E-state index contributed by atoms with van der Waals surface area (Å²) in [5, 5.41) is 31.7. The van der Waals surface area contributed by atoms with Crippen LogP contribution < -0.4 is 0 Å². The summed E-state index contributed by atoms with van der Waals surface area (Å²) in [6.45, 7) is 16.8. The Morgan fingerprint density at radius 1 is 0.656 bits per heavy atom. The Balaban J connectivity index is 2.36. The molecule has 0 aliphatic heterocycles. The number of hydrogen-bond acceptors (Lipinski definition) is 3. The summed E-state index contributed by atoms with van der Waals surface area (Å²) in [4.78, 5) is 0. The van der Waals surface area contributed by atoms with Gasteiger partial charge in [-0.1, -0.05) is 79.1 Å². The molecule has 3 atom stereocenters. The van der Waals surface area contributed by atoms with Gasteiger partial charge in [-0.05, 0) is 81.4 Å². The zero-order valence-electron chi connectivity index (χ0n) is 22.4. The quantitative estimate of drug-likeness (QED) is 0.237. The maximum absolute atomic E-state index is 10.9. The molecular formula is C29H52O3. The number of phenols is 2. The lowest BCUT2D eigenvalue weighted by Gasteiger charge is -2.25. The van der Waals surface area contributed by atoms with Crippen molar-refractivity contribution >= 4 is 0 Å². The summed E-state index contributed by atoms with van der Waals surface area (Å²) < 4.78 is 0. The second-order valence-corrected chi connectivity index (χ2v) is 11.4. The molecule has 3 heteroatoms. The molecule has 186 valence electrons. The van der Waals surface area contributed by atoms with Crippen LogP contribution in [0.25, 0.3) is 0 Å². The third kappa shape index (κ3) is 9.73. The molecule has 1 aromatic carbocycles. The van der Waals surface area contributed by atoms with Crippen LogP contribution in [0.2, 0.25) is 0 Å². The van der Waals surface area contributed by atoms with Crippen molar-refractivity contribution in [1.82, 2.24) is 0 Å². The van der Waals surface area contributed by atoms with E-state index in [-0.39, 0.29) is 11.5 Å². The molecule has 0 saturated heterocycles. The number of aromatic hydroxyl groups is 2. The van der Waals surface area contributed by atoms with Crippen LogP contribution in [0.15, 0.2) is 0 Å². The Bertz CT molecular complexity index is 661. The van der Waals surface area contributed by atoms with Crippen molar-refractivity contribution in [2.75, 3.05) is 0 Å². The summed E-state index contributed by atoms with van der Waals surface area (Å²) in [6, 6.07) is 0. The molecule has 1 rings (SSSR count). The predicted molar refractivity (Wildman–Crippen MR) is 138 cm³/mol. The van der Waals surface area contributed by atoms with E-state index in [9.17, 15) is 15.3 Å². The van der Waals surface area contributed by atoms with Crippen molar-refractivity contribution in [1.29, 1.82) is 0 Å². The Morgan fingerprint density at radius 3 is 1.66 bits per heavy atom. The number of phenolic OH excluding ortho intramolecular Hbond substituents is 2. The van der Waals surface area contributed by atoms with E-state index in [0.29, 0.717) is 18.8 Å². The molecule has 0 amide bonds.